The van der Waals surface area contributed by atoms with Gasteiger partial charge in [0.1, 0.15) is 0 Å². The number of aliphatic hydroxyl groups excluding tert-OH is 1. The first kappa shape index (κ1) is 37.0. The van der Waals surface area contributed by atoms with E-state index in [1.54, 1.807) is 0 Å². The normalized spacial score (nSPS) is 12.4. The van der Waals surface area contributed by atoms with Crippen LogP contribution in [0.5, 0.6) is 0 Å². The average Bonchev–Trinajstić information content (AvgIpc) is 2.90. The van der Waals surface area contributed by atoms with Gasteiger partial charge >= 0.3 is 0 Å². The monoisotopic (exact) mass is 523 g/mol. The zero-order valence-corrected chi connectivity index (χ0v) is 26.4. The fourth-order valence-corrected chi connectivity index (χ4v) is 5.82. The highest BCUT2D eigenvalue weighted by atomic mass is 16.3. The molecule has 1 unspecified atom stereocenters. The van der Waals surface area contributed by atoms with Crippen molar-refractivity contribution in [3.63, 3.8) is 0 Å². The van der Waals surface area contributed by atoms with Gasteiger partial charge in [-0.1, -0.05) is 213 Å². The third-order valence-electron chi connectivity index (χ3n) is 8.53. The predicted octanol–water partition coefficient (Wildman–Crippen LogP) is 13.3. The molecule has 37 heavy (non-hydrogen) atoms. The summed E-state index contributed by atoms with van der Waals surface area (Å²) in [5, 5.41) is 10.3. The Kier molecular flexibility index (Phi) is 34.0. The van der Waals surface area contributed by atoms with E-state index in [9.17, 15) is 5.11 Å². The van der Waals surface area contributed by atoms with Crippen molar-refractivity contribution < 1.29 is 5.11 Å². The number of rotatable bonds is 33. The molecule has 0 fully saturated rings. The van der Waals surface area contributed by atoms with E-state index >= 15 is 0 Å². The molecule has 0 bridgehead atoms. The summed E-state index contributed by atoms with van der Waals surface area (Å²) in [7, 11) is 0. The maximum Gasteiger partial charge on any atom is 0.0540 e. The van der Waals surface area contributed by atoms with Crippen LogP contribution in [0.1, 0.15) is 226 Å². The minimum Gasteiger partial charge on any atom is -0.393 e. The highest BCUT2D eigenvalue weighted by Crippen LogP contribution is 2.17. The Balaban J connectivity index is 3.13. The van der Waals surface area contributed by atoms with Crippen LogP contribution in [0.25, 0.3) is 0 Å². The summed E-state index contributed by atoms with van der Waals surface area (Å²) in [6.45, 7) is 4.60. The Hall–Kier alpha value is -0.0400. The van der Waals surface area contributed by atoms with Crippen LogP contribution in [0, 0.1) is 0 Å². The van der Waals surface area contributed by atoms with E-state index in [-0.39, 0.29) is 6.10 Å². The Morgan fingerprint density at radius 2 is 0.432 bits per heavy atom. The molecule has 1 atom stereocenters. The largest absolute Gasteiger partial charge is 0.393 e. The van der Waals surface area contributed by atoms with Crippen LogP contribution in [-0.2, 0) is 0 Å². The number of unbranched alkanes of at least 4 members (excludes halogenated alkanes) is 29. The quantitative estimate of drug-likeness (QED) is 0.0849. The van der Waals surface area contributed by atoms with Crippen molar-refractivity contribution in [3.8, 4) is 0 Å². The molecule has 0 rings (SSSR count). The third-order valence-corrected chi connectivity index (χ3v) is 8.53. The van der Waals surface area contributed by atoms with Gasteiger partial charge in [-0.15, -0.1) is 0 Å². The molecular formula is C36H74O. The molecule has 0 spiro atoms. The van der Waals surface area contributed by atoms with Crippen molar-refractivity contribution in [2.45, 2.75) is 232 Å². The van der Waals surface area contributed by atoms with Gasteiger partial charge in [0.15, 0.2) is 0 Å². The SMILES string of the molecule is CCCCCCCCCCCCCCCCCCC(O)CCCCCCCCCCCCCCCCC. The molecule has 0 aromatic heterocycles. The fraction of sp³-hybridized carbons (Fsp3) is 1.00. The summed E-state index contributed by atoms with van der Waals surface area (Å²) >= 11 is 0. The summed E-state index contributed by atoms with van der Waals surface area (Å²) in [4.78, 5) is 0. The minimum absolute atomic E-state index is 0.0337. The number of aliphatic hydroxyl groups is 1. The molecule has 1 N–H and O–H groups in total. The molecule has 0 heterocycles. The summed E-state index contributed by atoms with van der Waals surface area (Å²) in [6, 6.07) is 0. The van der Waals surface area contributed by atoms with Crippen LogP contribution in [0.2, 0.25) is 0 Å². The fourth-order valence-electron chi connectivity index (χ4n) is 5.82. The van der Waals surface area contributed by atoms with Gasteiger partial charge in [0.25, 0.3) is 0 Å². The number of hydrogen-bond acceptors (Lipinski definition) is 1. The molecule has 1 nitrogen and oxygen atoms in total. The van der Waals surface area contributed by atoms with Crippen LogP contribution in [0.15, 0.2) is 0 Å². The lowest BCUT2D eigenvalue weighted by Gasteiger charge is -2.10. The molecule has 0 saturated carbocycles. The van der Waals surface area contributed by atoms with E-state index in [1.807, 2.05) is 0 Å². The minimum atomic E-state index is -0.0337. The molecular weight excluding hydrogens is 448 g/mol. The Bertz CT molecular complexity index is 379. The van der Waals surface area contributed by atoms with Crippen molar-refractivity contribution in [3.05, 3.63) is 0 Å². The van der Waals surface area contributed by atoms with E-state index in [0.717, 1.165) is 12.8 Å². The van der Waals surface area contributed by atoms with Gasteiger partial charge in [0.05, 0.1) is 6.10 Å². The molecule has 0 aliphatic heterocycles. The van der Waals surface area contributed by atoms with Crippen molar-refractivity contribution in [2.75, 3.05) is 0 Å². The lowest BCUT2D eigenvalue weighted by atomic mass is 10.0. The van der Waals surface area contributed by atoms with Gasteiger partial charge in [-0.3, -0.25) is 0 Å². The predicted molar refractivity (Wildman–Crippen MR) is 170 cm³/mol. The van der Waals surface area contributed by atoms with Crippen molar-refractivity contribution >= 4 is 0 Å². The second-order valence-corrected chi connectivity index (χ2v) is 12.5. The van der Waals surface area contributed by atoms with Gasteiger partial charge in [0.2, 0.25) is 0 Å². The van der Waals surface area contributed by atoms with Crippen LogP contribution in [0.4, 0.5) is 0 Å². The Labute approximate surface area is 236 Å². The van der Waals surface area contributed by atoms with Crippen LogP contribution >= 0.6 is 0 Å². The van der Waals surface area contributed by atoms with Gasteiger partial charge in [-0.25, -0.2) is 0 Å². The number of hydrogen-bond donors (Lipinski definition) is 1. The van der Waals surface area contributed by atoms with Crippen LogP contribution in [0.3, 0.4) is 0 Å². The van der Waals surface area contributed by atoms with Crippen LogP contribution in [-0.4, -0.2) is 11.2 Å². The van der Waals surface area contributed by atoms with E-state index in [0.29, 0.717) is 0 Å². The zero-order valence-electron chi connectivity index (χ0n) is 26.4. The summed E-state index contributed by atoms with van der Waals surface area (Å²) in [5.41, 5.74) is 0. The first-order valence-electron chi connectivity index (χ1n) is 18.0. The average molecular weight is 523 g/mol. The highest BCUT2D eigenvalue weighted by molar-refractivity contribution is 4.58. The summed E-state index contributed by atoms with van der Waals surface area (Å²) < 4.78 is 0. The molecule has 1 heteroatoms. The molecule has 0 aromatic carbocycles. The van der Waals surface area contributed by atoms with E-state index in [4.69, 9.17) is 0 Å². The molecule has 0 amide bonds. The van der Waals surface area contributed by atoms with E-state index in [2.05, 4.69) is 13.8 Å². The van der Waals surface area contributed by atoms with E-state index in [1.165, 1.54) is 199 Å². The molecule has 0 aliphatic carbocycles. The summed E-state index contributed by atoms with van der Waals surface area (Å²) in [5.74, 6) is 0. The highest BCUT2D eigenvalue weighted by Gasteiger charge is 2.04. The van der Waals surface area contributed by atoms with Gasteiger partial charge in [-0.2, -0.15) is 0 Å². The molecule has 224 valence electrons. The van der Waals surface area contributed by atoms with Crippen LogP contribution < -0.4 is 0 Å². The van der Waals surface area contributed by atoms with E-state index < -0.39 is 0 Å². The standard InChI is InChI=1S/C36H74O/c1-3-5-7-9-11-13-15-17-19-21-23-25-27-29-31-33-35-36(37)34-32-30-28-26-24-22-20-18-16-14-12-10-8-6-4-2/h36-37H,3-35H2,1-2H3. The second-order valence-electron chi connectivity index (χ2n) is 12.5. The smallest absolute Gasteiger partial charge is 0.0540 e. The molecule has 0 saturated heterocycles. The molecule has 0 aliphatic rings. The maximum atomic E-state index is 10.3. The van der Waals surface area contributed by atoms with Crippen molar-refractivity contribution in [2.24, 2.45) is 0 Å². The lowest BCUT2D eigenvalue weighted by molar-refractivity contribution is 0.147. The van der Waals surface area contributed by atoms with Gasteiger partial charge in [0, 0.05) is 0 Å². The third kappa shape index (κ3) is 33.9. The maximum absolute atomic E-state index is 10.3. The van der Waals surface area contributed by atoms with Crippen molar-refractivity contribution in [1.82, 2.24) is 0 Å². The summed E-state index contributed by atoms with van der Waals surface area (Å²) in [6.07, 6.45) is 46.0. The molecule has 0 radical (unpaired) electrons. The topological polar surface area (TPSA) is 20.2 Å². The Morgan fingerprint density at radius 3 is 0.622 bits per heavy atom. The second kappa shape index (κ2) is 34.0. The molecule has 0 aromatic rings. The lowest BCUT2D eigenvalue weighted by Crippen LogP contribution is -2.05. The van der Waals surface area contributed by atoms with Gasteiger partial charge < -0.3 is 5.11 Å². The Morgan fingerprint density at radius 1 is 0.270 bits per heavy atom. The van der Waals surface area contributed by atoms with Crippen molar-refractivity contribution in [1.29, 1.82) is 0 Å². The first-order valence-corrected chi connectivity index (χ1v) is 18.0. The zero-order chi connectivity index (χ0) is 26.9. The van der Waals surface area contributed by atoms with Gasteiger partial charge in [-0.05, 0) is 12.8 Å². The first-order chi connectivity index (χ1) is 18.3.